The number of hydrogen-bond donors (Lipinski definition) is 2. The minimum atomic E-state index is -0.687. The zero-order valence-electron chi connectivity index (χ0n) is 71.0. The summed E-state index contributed by atoms with van der Waals surface area (Å²) in [6.45, 7) is 19.0. The Hall–Kier alpha value is -7.28. The fraction of sp³-hybridized carbons (Fsp3) is 0.519. The highest BCUT2D eigenvalue weighted by atomic mass is 32.2. The molecule has 4 saturated carbocycles. The molecule has 4 fully saturated rings. The van der Waals surface area contributed by atoms with Gasteiger partial charge in [0, 0.05) is 53.2 Å². The summed E-state index contributed by atoms with van der Waals surface area (Å²) >= 11 is 2.76. The highest BCUT2D eigenvalue weighted by Crippen LogP contribution is 2.49. The van der Waals surface area contributed by atoms with E-state index in [9.17, 15) is 0 Å². The van der Waals surface area contributed by atoms with Gasteiger partial charge in [-0.2, -0.15) is 0 Å². The predicted molar refractivity (Wildman–Crippen MR) is 476 cm³/mol. The minimum Gasteiger partial charge on any atom is -0.493 e. The maximum atomic E-state index is 16.7. The zero-order valence-corrected chi connectivity index (χ0v) is 72.6. The van der Waals surface area contributed by atoms with Gasteiger partial charge < -0.3 is 20.1 Å². The summed E-state index contributed by atoms with van der Waals surface area (Å²) in [5, 5.41) is 6.48. The smallest absolute Gasteiger partial charge is 0.197 e. The molecule has 8 aromatic rings. The van der Waals surface area contributed by atoms with Crippen LogP contribution in [0.3, 0.4) is 0 Å². The van der Waals surface area contributed by atoms with Crippen LogP contribution >= 0.6 is 23.5 Å². The molecule has 0 aliphatic heterocycles. The predicted octanol–water partition coefficient (Wildman–Crippen LogP) is 31.5. The van der Waals surface area contributed by atoms with E-state index in [1.165, 1.54) is 202 Å². The van der Waals surface area contributed by atoms with Gasteiger partial charge in [0.15, 0.2) is 11.6 Å². The van der Waals surface area contributed by atoms with Gasteiger partial charge in [0.1, 0.15) is 34.8 Å². The molecule has 0 unspecified atom stereocenters. The molecule has 0 amide bonds. The average molecular weight is 1610 g/mol. The van der Waals surface area contributed by atoms with Crippen molar-refractivity contribution in [1.29, 1.82) is 0 Å². The van der Waals surface area contributed by atoms with Crippen molar-refractivity contribution in [2.24, 2.45) is 47.3 Å². The number of unbranched alkanes of at least 4 members (excludes halogenated alkanes) is 8. The van der Waals surface area contributed by atoms with E-state index < -0.39 is 34.8 Å². The topological polar surface area (TPSA) is 76.7 Å². The van der Waals surface area contributed by atoms with Gasteiger partial charge in [-0.1, -0.05) is 255 Å². The Morgan fingerprint density at radius 3 is 0.888 bits per heavy atom. The van der Waals surface area contributed by atoms with Crippen LogP contribution in [0, 0.1) is 98.3 Å². The standard InChI is InChI=1S/C104H130F4N2O4S2/c1-9-13-17-21-71-25-29-75(30-26-71)41-51-87-89(105)61-83(62-90(87)106)109-93-53-54-94(110-84-63-91(107)88(92(108)64-84)52-42-76-31-27-72(28-32-76)22-18-14-10-2)98-97(93)101(111)99-95(115-85-47-43-79(44-48-85)81-57-67(5)103(68(6)58-81)113-65-77-37-33-73(34-38-77)23-19-15-11-3)55-56-96(100(99)102(98)112)116-86-49-45-80(46-50-86)82-59-69(7)104(70(8)60-82)114-66-78-39-35-74(36-40-78)24-20-16-12-4/h43-50,53-64,71-78,109-110H,9-42,51-52,65-66H2,1-8H3. The summed E-state index contributed by atoms with van der Waals surface area (Å²) in [4.78, 5) is 35.7. The number of carbonyl (C=O) groups is 2. The number of anilines is 4. The van der Waals surface area contributed by atoms with Crippen LogP contribution in [-0.4, -0.2) is 24.8 Å². The largest absolute Gasteiger partial charge is 0.493 e. The monoisotopic (exact) mass is 1610 g/mol. The molecule has 0 saturated heterocycles. The highest BCUT2D eigenvalue weighted by Gasteiger charge is 2.39. The van der Waals surface area contributed by atoms with E-state index in [2.05, 4.69) is 115 Å². The van der Waals surface area contributed by atoms with Crippen LogP contribution in [0.4, 0.5) is 40.3 Å². The van der Waals surface area contributed by atoms with Crippen LogP contribution < -0.4 is 20.1 Å². The lowest BCUT2D eigenvalue weighted by atomic mass is 9.77. The number of halogens is 4. The van der Waals surface area contributed by atoms with Crippen molar-refractivity contribution in [3.05, 3.63) is 200 Å². The van der Waals surface area contributed by atoms with Gasteiger partial charge >= 0.3 is 0 Å². The summed E-state index contributed by atoms with van der Waals surface area (Å²) in [5.74, 6) is 3.26. The van der Waals surface area contributed by atoms with Crippen LogP contribution in [0.2, 0.25) is 0 Å². The number of benzene rings is 8. The molecule has 6 nitrogen and oxygen atoms in total. The first-order valence-electron chi connectivity index (χ1n) is 45.4. The molecule has 0 atom stereocenters. The van der Waals surface area contributed by atoms with Crippen LogP contribution in [-0.2, 0) is 12.8 Å². The Bertz CT molecular complexity index is 4220. The fourth-order valence-corrected chi connectivity index (χ4v) is 22.0. The van der Waals surface area contributed by atoms with E-state index >= 15 is 27.2 Å². The summed E-state index contributed by atoms with van der Waals surface area (Å²) < 4.78 is 79.9. The lowest BCUT2D eigenvalue weighted by Gasteiger charge is -2.29. The van der Waals surface area contributed by atoms with Crippen molar-refractivity contribution < 1.29 is 36.6 Å². The molecule has 0 aromatic heterocycles. The van der Waals surface area contributed by atoms with Crippen molar-refractivity contribution >= 4 is 57.8 Å². The summed E-state index contributed by atoms with van der Waals surface area (Å²) in [5.41, 5.74) is 9.32. The molecule has 116 heavy (non-hydrogen) atoms. The first kappa shape index (κ1) is 86.6. The summed E-state index contributed by atoms with van der Waals surface area (Å²) in [7, 11) is 0. The maximum Gasteiger partial charge on any atom is 0.197 e. The second-order valence-electron chi connectivity index (χ2n) is 35.8. The van der Waals surface area contributed by atoms with E-state index in [-0.39, 0.29) is 69.0 Å². The van der Waals surface area contributed by atoms with Crippen molar-refractivity contribution in [2.75, 3.05) is 23.8 Å². The SMILES string of the molecule is CCCCCC1CCC(CCc2c(F)cc(Nc3ccc(Nc4cc(F)c(CCC5CCC(CCCCC)CC5)c(F)c4)c4c3C(=O)c3c(Sc5ccc(-c6cc(C)c(OCC7CCC(CCCCC)CC7)c(C)c6)cc5)ccc(Sc5ccc(-c6cc(C)c(OCC7CCC(CCCCC)CC7)c(C)c6)cc5)c3C4=O)cc2F)CC1. The van der Waals surface area contributed by atoms with Crippen molar-refractivity contribution in [2.45, 2.75) is 306 Å². The van der Waals surface area contributed by atoms with Crippen molar-refractivity contribution in [3.8, 4) is 33.8 Å². The molecule has 0 bridgehead atoms. The van der Waals surface area contributed by atoms with Crippen LogP contribution in [0.1, 0.15) is 311 Å². The molecule has 620 valence electrons. The number of ether oxygens (including phenoxy) is 2. The molecule has 2 N–H and O–H groups in total. The first-order chi connectivity index (χ1) is 56.4. The van der Waals surface area contributed by atoms with Gasteiger partial charge in [0.2, 0.25) is 0 Å². The number of carbonyl (C=O) groups excluding carboxylic acids is 2. The van der Waals surface area contributed by atoms with Crippen LogP contribution in [0.5, 0.6) is 11.5 Å². The molecule has 0 radical (unpaired) electrons. The van der Waals surface area contributed by atoms with E-state index in [4.69, 9.17) is 9.47 Å². The third-order valence-electron chi connectivity index (χ3n) is 27.1. The molecule has 5 aliphatic carbocycles. The number of ketones is 2. The van der Waals surface area contributed by atoms with Crippen LogP contribution in [0.15, 0.2) is 141 Å². The van der Waals surface area contributed by atoms with Crippen molar-refractivity contribution in [1.82, 2.24) is 0 Å². The Labute approximate surface area is 701 Å². The third kappa shape index (κ3) is 22.4. The molecule has 12 heteroatoms. The lowest BCUT2D eigenvalue weighted by molar-refractivity contribution is 0.0976. The summed E-state index contributed by atoms with van der Waals surface area (Å²) in [6, 6.07) is 37.5. The van der Waals surface area contributed by atoms with E-state index in [1.54, 1.807) is 12.1 Å². The quantitative estimate of drug-likeness (QED) is 0.0293. The first-order valence-corrected chi connectivity index (χ1v) is 47.0. The Morgan fingerprint density at radius 2 is 0.603 bits per heavy atom. The number of rotatable bonds is 38. The Morgan fingerprint density at radius 1 is 0.328 bits per heavy atom. The van der Waals surface area contributed by atoms with Gasteiger partial charge in [-0.3, -0.25) is 9.59 Å². The van der Waals surface area contributed by atoms with E-state index in [1.807, 2.05) is 36.4 Å². The van der Waals surface area contributed by atoms with E-state index in [0.29, 0.717) is 46.3 Å². The molecule has 5 aliphatic rings. The molecule has 13 rings (SSSR count). The van der Waals surface area contributed by atoms with Gasteiger partial charge in [0.25, 0.3) is 0 Å². The molecule has 0 heterocycles. The third-order valence-corrected chi connectivity index (χ3v) is 29.2. The van der Waals surface area contributed by atoms with Gasteiger partial charge in [-0.15, -0.1) is 0 Å². The van der Waals surface area contributed by atoms with Crippen LogP contribution in [0.25, 0.3) is 22.3 Å². The van der Waals surface area contributed by atoms with Gasteiger partial charge in [-0.25, -0.2) is 17.6 Å². The average Bonchev–Trinajstić information content (AvgIpc) is 0.722. The Balaban J connectivity index is 0.805. The normalized spacial score (nSPS) is 20.2. The van der Waals surface area contributed by atoms with Gasteiger partial charge in [-0.05, 0) is 268 Å². The summed E-state index contributed by atoms with van der Waals surface area (Å²) in [6.07, 6.45) is 41.4. The molecule has 8 aromatic carbocycles. The maximum absolute atomic E-state index is 16.7. The molecule has 0 spiro atoms. The number of nitrogens with one attached hydrogen (secondary N) is 2. The van der Waals surface area contributed by atoms with Crippen molar-refractivity contribution in [3.63, 3.8) is 0 Å². The van der Waals surface area contributed by atoms with E-state index in [0.717, 1.165) is 154 Å². The number of aryl methyl sites for hydroxylation is 4. The minimum absolute atomic E-state index is 0.0327. The molecular formula is C104H130F4N2O4S2. The number of hydrogen-bond acceptors (Lipinski definition) is 8. The number of fused-ring (bicyclic) bond motifs is 2. The second-order valence-corrected chi connectivity index (χ2v) is 38.1. The second kappa shape index (κ2) is 42.1. The fourth-order valence-electron chi connectivity index (χ4n) is 20.1. The molecular weight excluding hydrogens is 1480 g/mol. The van der Waals surface area contributed by atoms with Gasteiger partial charge in [0.05, 0.1) is 35.7 Å². The lowest BCUT2D eigenvalue weighted by Crippen LogP contribution is -2.25. The highest BCUT2D eigenvalue weighted by molar-refractivity contribution is 8.00. The Kier molecular flexibility index (Phi) is 31.4. The zero-order chi connectivity index (χ0) is 81.2.